The quantitative estimate of drug-likeness (QED) is 0.776. The third-order valence-electron chi connectivity index (χ3n) is 3.06. The van der Waals surface area contributed by atoms with E-state index in [-0.39, 0.29) is 11.9 Å². The fourth-order valence-electron chi connectivity index (χ4n) is 1.78. The zero-order valence-corrected chi connectivity index (χ0v) is 11.5. The summed E-state index contributed by atoms with van der Waals surface area (Å²) in [4.78, 5) is 12.8. The average Bonchev–Trinajstić information content (AvgIpc) is 3.19. The van der Waals surface area contributed by atoms with Crippen molar-refractivity contribution in [2.45, 2.75) is 43.2 Å². The van der Waals surface area contributed by atoms with Crippen LogP contribution in [0.5, 0.6) is 0 Å². The van der Waals surface area contributed by atoms with Gasteiger partial charge in [-0.1, -0.05) is 25.1 Å². The molecular formula is C14H20N2OS. The van der Waals surface area contributed by atoms with Gasteiger partial charge in [-0.25, -0.2) is 0 Å². The Morgan fingerprint density at radius 3 is 2.89 bits per heavy atom. The Kier molecular flexibility index (Phi) is 4.66. The van der Waals surface area contributed by atoms with Crippen molar-refractivity contribution < 1.29 is 4.79 Å². The number of carbonyl (C=O) groups excluding carboxylic acids is 1. The van der Waals surface area contributed by atoms with E-state index in [9.17, 15) is 4.79 Å². The highest BCUT2D eigenvalue weighted by Gasteiger charge is 2.23. The summed E-state index contributed by atoms with van der Waals surface area (Å²) >= 11 is 1.58. The predicted molar refractivity (Wildman–Crippen MR) is 75.6 cm³/mol. The van der Waals surface area contributed by atoms with E-state index in [1.165, 1.54) is 0 Å². The van der Waals surface area contributed by atoms with E-state index in [1.807, 2.05) is 18.2 Å². The molecule has 2 rings (SSSR count). The molecule has 0 bridgehead atoms. The summed E-state index contributed by atoms with van der Waals surface area (Å²) in [6.45, 7) is 2.08. The normalized spacial score (nSPS) is 16.3. The van der Waals surface area contributed by atoms with E-state index in [2.05, 4.69) is 18.3 Å². The molecule has 0 aliphatic heterocycles. The number of carbonyl (C=O) groups is 1. The van der Waals surface area contributed by atoms with Gasteiger partial charge in [0.25, 0.3) is 0 Å². The van der Waals surface area contributed by atoms with E-state index in [4.69, 9.17) is 5.73 Å². The van der Waals surface area contributed by atoms with Crippen LogP contribution in [0, 0.1) is 0 Å². The molecule has 3 nitrogen and oxygen atoms in total. The molecule has 0 aromatic heterocycles. The summed E-state index contributed by atoms with van der Waals surface area (Å²) in [6.07, 6.45) is 3.17. The number of rotatable bonds is 6. The maximum Gasteiger partial charge on any atom is 0.230 e. The monoisotopic (exact) mass is 264 g/mol. The lowest BCUT2D eigenvalue weighted by Crippen LogP contribution is -2.27. The third-order valence-corrected chi connectivity index (χ3v) is 4.15. The molecule has 0 unspecified atom stereocenters. The molecule has 1 amide bonds. The van der Waals surface area contributed by atoms with Gasteiger partial charge in [-0.3, -0.25) is 4.79 Å². The molecule has 1 aliphatic rings. The van der Waals surface area contributed by atoms with E-state index in [0.29, 0.717) is 11.8 Å². The molecular weight excluding hydrogens is 244 g/mol. The maximum absolute atomic E-state index is 11.7. The first-order chi connectivity index (χ1) is 8.70. The van der Waals surface area contributed by atoms with Gasteiger partial charge in [0.2, 0.25) is 5.91 Å². The molecule has 0 saturated heterocycles. The van der Waals surface area contributed by atoms with Crippen LogP contribution in [0.25, 0.3) is 0 Å². The molecule has 98 valence electrons. The summed E-state index contributed by atoms with van der Waals surface area (Å²) < 4.78 is 0. The van der Waals surface area contributed by atoms with E-state index < -0.39 is 0 Å². The highest BCUT2D eigenvalue weighted by Crippen LogP contribution is 2.28. The van der Waals surface area contributed by atoms with Gasteiger partial charge in [-0.2, -0.15) is 0 Å². The van der Waals surface area contributed by atoms with Crippen LogP contribution in [0.15, 0.2) is 29.2 Å². The van der Waals surface area contributed by atoms with Gasteiger partial charge in [0.05, 0.1) is 5.75 Å². The molecule has 0 heterocycles. The standard InChI is InChI=1S/C14H20N2OS/c1-2-12(15)11-5-3-4-6-13(11)18-9-14(17)16-10-7-8-10/h3-6,10,12H,2,7-9,15H2,1H3,(H,16,17)/t12-/m0/s1. The van der Waals surface area contributed by atoms with Crippen molar-refractivity contribution in [1.29, 1.82) is 0 Å². The zero-order chi connectivity index (χ0) is 13.0. The summed E-state index contributed by atoms with van der Waals surface area (Å²) in [7, 11) is 0. The van der Waals surface area contributed by atoms with Gasteiger partial charge in [0.1, 0.15) is 0 Å². The summed E-state index contributed by atoms with van der Waals surface area (Å²) in [5, 5.41) is 3.00. The van der Waals surface area contributed by atoms with Crippen LogP contribution in [-0.4, -0.2) is 17.7 Å². The van der Waals surface area contributed by atoms with Gasteiger partial charge in [0.15, 0.2) is 0 Å². The Labute approximate surface area is 113 Å². The number of amides is 1. The molecule has 0 spiro atoms. The number of hydrogen-bond donors (Lipinski definition) is 2. The molecule has 1 atom stereocenters. The molecule has 0 radical (unpaired) electrons. The molecule has 18 heavy (non-hydrogen) atoms. The van der Waals surface area contributed by atoms with Crippen molar-refractivity contribution in [1.82, 2.24) is 5.32 Å². The first-order valence-electron chi connectivity index (χ1n) is 6.47. The highest BCUT2D eigenvalue weighted by molar-refractivity contribution is 8.00. The van der Waals surface area contributed by atoms with Crippen molar-refractivity contribution in [2.24, 2.45) is 5.73 Å². The van der Waals surface area contributed by atoms with Gasteiger partial charge in [-0.05, 0) is 30.9 Å². The Morgan fingerprint density at radius 2 is 2.22 bits per heavy atom. The molecule has 1 aliphatic carbocycles. The van der Waals surface area contributed by atoms with E-state index in [0.717, 1.165) is 29.7 Å². The van der Waals surface area contributed by atoms with Crippen LogP contribution in [0.4, 0.5) is 0 Å². The smallest absolute Gasteiger partial charge is 0.230 e. The lowest BCUT2D eigenvalue weighted by Gasteiger charge is -2.14. The van der Waals surface area contributed by atoms with Crippen LogP contribution >= 0.6 is 11.8 Å². The highest BCUT2D eigenvalue weighted by atomic mass is 32.2. The van der Waals surface area contributed by atoms with Crippen molar-refractivity contribution in [2.75, 3.05) is 5.75 Å². The maximum atomic E-state index is 11.7. The van der Waals surface area contributed by atoms with Gasteiger partial charge < -0.3 is 11.1 Å². The second-order valence-corrected chi connectivity index (χ2v) is 5.70. The minimum atomic E-state index is 0.0557. The Hall–Kier alpha value is -1.00. The summed E-state index contributed by atoms with van der Waals surface area (Å²) in [6, 6.07) is 8.58. The van der Waals surface area contributed by atoms with Crippen molar-refractivity contribution in [3.05, 3.63) is 29.8 Å². The lowest BCUT2D eigenvalue weighted by molar-refractivity contribution is -0.118. The van der Waals surface area contributed by atoms with E-state index in [1.54, 1.807) is 11.8 Å². The lowest BCUT2D eigenvalue weighted by atomic mass is 10.1. The van der Waals surface area contributed by atoms with Gasteiger partial charge in [0, 0.05) is 17.0 Å². The van der Waals surface area contributed by atoms with Crippen LogP contribution in [0.2, 0.25) is 0 Å². The molecule has 1 aromatic rings. The second-order valence-electron chi connectivity index (χ2n) is 4.68. The number of hydrogen-bond acceptors (Lipinski definition) is 3. The fraction of sp³-hybridized carbons (Fsp3) is 0.500. The minimum Gasteiger partial charge on any atom is -0.353 e. The molecule has 1 saturated carbocycles. The first kappa shape index (κ1) is 13.4. The predicted octanol–water partition coefficient (Wildman–Crippen LogP) is 2.47. The number of nitrogens with two attached hydrogens (primary N) is 1. The van der Waals surface area contributed by atoms with Gasteiger partial charge in [-0.15, -0.1) is 11.8 Å². The second kappa shape index (κ2) is 6.25. The van der Waals surface area contributed by atoms with Gasteiger partial charge >= 0.3 is 0 Å². The van der Waals surface area contributed by atoms with E-state index >= 15 is 0 Å². The summed E-state index contributed by atoms with van der Waals surface area (Å²) in [5.74, 6) is 0.603. The third kappa shape index (κ3) is 3.75. The Bertz CT molecular complexity index is 418. The van der Waals surface area contributed by atoms with Crippen molar-refractivity contribution in [3.8, 4) is 0 Å². The van der Waals surface area contributed by atoms with Crippen LogP contribution in [0.1, 0.15) is 37.8 Å². The number of thioether (sulfide) groups is 1. The minimum absolute atomic E-state index is 0.0557. The largest absolute Gasteiger partial charge is 0.353 e. The molecule has 4 heteroatoms. The molecule has 3 N–H and O–H groups in total. The van der Waals surface area contributed by atoms with Crippen molar-refractivity contribution in [3.63, 3.8) is 0 Å². The summed E-state index contributed by atoms with van der Waals surface area (Å²) in [5.41, 5.74) is 7.22. The Morgan fingerprint density at radius 1 is 1.50 bits per heavy atom. The SMILES string of the molecule is CC[C@H](N)c1ccccc1SCC(=O)NC1CC1. The number of benzene rings is 1. The topological polar surface area (TPSA) is 55.1 Å². The fourth-order valence-corrected chi connectivity index (χ4v) is 2.71. The van der Waals surface area contributed by atoms with Crippen molar-refractivity contribution >= 4 is 17.7 Å². The molecule has 1 aromatic carbocycles. The first-order valence-corrected chi connectivity index (χ1v) is 7.46. The molecule has 1 fully saturated rings. The Balaban J connectivity index is 1.93. The van der Waals surface area contributed by atoms with Crippen LogP contribution < -0.4 is 11.1 Å². The number of nitrogens with one attached hydrogen (secondary N) is 1. The average molecular weight is 264 g/mol. The van der Waals surface area contributed by atoms with Crippen LogP contribution in [-0.2, 0) is 4.79 Å². The van der Waals surface area contributed by atoms with Crippen LogP contribution in [0.3, 0.4) is 0 Å². The zero-order valence-electron chi connectivity index (χ0n) is 10.7.